The Balaban J connectivity index is 1.66. The molecule has 6 heteroatoms. The zero-order chi connectivity index (χ0) is 16.5. The van der Waals surface area contributed by atoms with Crippen molar-refractivity contribution in [3.05, 3.63) is 52.1 Å². The van der Waals surface area contributed by atoms with Crippen molar-refractivity contribution in [2.45, 2.75) is 0 Å². The zero-order valence-corrected chi connectivity index (χ0v) is 14.9. The second kappa shape index (κ2) is 9.24. The molecule has 0 saturated carbocycles. The molecule has 0 fully saturated rings. The molecule has 23 heavy (non-hydrogen) atoms. The largest absolute Gasteiger partial charge is 0.493 e. The maximum Gasteiger partial charge on any atom is 0.258 e. The SMILES string of the molecule is COc1ccccc1OCCNC(=O)COc1ccc(I)cc1. The van der Waals surface area contributed by atoms with Gasteiger partial charge in [0.25, 0.3) is 5.91 Å². The van der Waals surface area contributed by atoms with E-state index in [1.807, 2.05) is 48.5 Å². The quantitative estimate of drug-likeness (QED) is 0.520. The second-order valence-corrected chi connectivity index (χ2v) is 5.84. The summed E-state index contributed by atoms with van der Waals surface area (Å²) in [5.74, 6) is 1.80. The van der Waals surface area contributed by atoms with Crippen LogP contribution in [0.25, 0.3) is 0 Å². The fourth-order valence-electron chi connectivity index (χ4n) is 1.82. The van der Waals surface area contributed by atoms with Gasteiger partial charge in [0, 0.05) is 3.57 Å². The molecular weight excluding hydrogens is 409 g/mol. The summed E-state index contributed by atoms with van der Waals surface area (Å²) in [5, 5.41) is 2.74. The predicted octanol–water partition coefficient (Wildman–Crippen LogP) is 2.87. The van der Waals surface area contributed by atoms with Crippen LogP contribution in [0.5, 0.6) is 17.2 Å². The van der Waals surface area contributed by atoms with Crippen LogP contribution in [-0.2, 0) is 4.79 Å². The highest BCUT2D eigenvalue weighted by molar-refractivity contribution is 14.1. The number of nitrogens with one attached hydrogen (secondary N) is 1. The molecule has 2 aromatic rings. The zero-order valence-electron chi connectivity index (χ0n) is 12.8. The molecule has 0 aromatic heterocycles. The molecule has 0 aliphatic heterocycles. The van der Waals surface area contributed by atoms with Crippen LogP contribution in [0.3, 0.4) is 0 Å². The summed E-state index contributed by atoms with van der Waals surface area (Å²) in [6.07, 6.45) is 0. The van der Waals surface area contributed by atoms with E-state index in [1.165, 1.54) is 0 Å². The number of ether oxygens (including phenoxy) is 3. The number of methoxy groups -OCH3 is 1. The number of carbonyl (C=O) groups is 1. The molecule has 0 saturated heterocycles. The minimum Gasteiger partial charge on any atom is -0.493 e. The Kier molecular flexibility index (Phi) is 6.99. The lowest BCUT2D eigenvalue weighted by atomic mass is 10.3. The lowest BCUT2D eigenvalue weighted by Gasteiger charge is -2.11. The number of hydrogen-bond donors (Lipinski definition) is 1. The van der Waals surface area contributed by atoms with Gasteiger partial charge in [-0.2, -0.15) is 0 Å². The second-order valence-electron chi connectivity index (χ2n) is 4.59. The highest BCUT2D eigenvalue weighted by atomic mass is 127. The van der Waals surface area contributed by atoms with Crippen LogP contribution in [0, 0.1) is 3.57 Å². The van der Waals surface area contributed by atoms with Gasteiger partial charge in [-0.1, -0.05) is 12.1 Å². The van der Waals surface area contributed by atoms with Crippen molar-refractivity contribution >= 4 is 28.5 Å². The monoisotopic (exact) mass is 427 g/mol. The maximum atomic E-state index is 11.7. The van der Waals surface area contributed by atoms with Crippen LogP contribution in [0.2, 0.25) is 0 Å². The smallest absolute Gasteiger partial charge is 0.258 e. The van der Waals surface area contributed by atoms with E-state index in [2.05, 4.69) is 27.9 Å². The van der Waals surface area contributed by atoms with E-state index in [9.17, 15) is 4.79 Å². The van der Waals surface area contributed by atoms with Crippen molar-refractivity contribution in [3.8, 4) is 17.2 Å². The minimum atomic E-state index is -0.188. The summed E-state index contributed by atoms with van der Waals surface area (Å²) in [5.41, 5.74) is 0. The molecule has 0 heterocycles. The molecule has 0 atom stereocenters. The molecule has 1 N–H and O–H groups in total. The van der Waals surface area contributed by atoms with E-state index in [0.717, 1.165) is 3.57 Å². The van der Waals surface area contributed by atoms with Crippen molar-refractivity contribution in [1.29, 1.82) is 0 Å². The van der Waals surface area contributed by atoms with E-state index in [1.54, 1.807) is 7.11 Å². The van der Waals surface area contributed by atoms with E-state index >= 15 is 0 Å². The van der Waals surface area contributed by atoms with Crippen molar-refractivity contribution in [2.24, 2.45) is 0 Å². The molecule has 5 nitrogen and oxygen atoms in total. The first kappa shape index (κ1) is 17.4. The van der Waals surface area contributed by atoms with Gasteiger partial charge < -0.3 is 19.5 Å². The number of rotatable bonds is 8. The Morgan fingerprint density at radius 1 is 1.04 bits per heavy atom. The number of carbonyl (C=O) groups excluding carboxylic acids is 1. The highest BCUT2D eigenvalue weighted by Crippen LogP contribution is 2.25. The van der Waals surface area contributed by atoms with E-state index in [-0.39, 0.29) is 12.5 Å². The molecule has 2 aromatic carbocycles. The van der Waals surface area contributed by atoms with Gasteiger partial charge in [0.15, 0.2) is 18.1 Å². The molecule has 0 bridgehead atoms. The summed E-state index contributed by atoms with van der Waals surface area (Å²) in [6, 6.07) is 14.9. The summed E-state index contributed by atoms with van der Waals surface area (Å²) in [4.78, 5) is 11.7. The first-order chi connectivity index (χ1) is 11.2. The van der Waals surface area contributed by atoms with Gasteiger partial charge in [-0.3, -0.25) is 4.79 Å². The topological polar surface area (TPSA) is 56.8 Å². The van der Waals surface area contributed by atoms with Crippen molar-refractivity contribution in [2.75, 3.05) is 26.9 Å². The van der Waals surface area contributed by atoms with Crippen molar-refractivity contribution in [1.82, 2.24) is 5.32 Å². The summed E-state index contributed by atoms with van der Waals surface area (Å²) >= 11 is 2.21. The first-order valence-electron chi connectivity index (χ1n) is 7.10. The minimum absolute atomic E-state index is 0.0186. The van der Waals surface area contributed by atoms with Gasteiger partial charge in [0.05, 0.1) is 13.7 Å². The fourth-order valence-corrected chi connectivity index (χ4v) is 2.18. The number of hydrogen-bond acceptors (Lipinski definition) is 4. The average Bonchev–Trinajstić information content (AvgIpc) is 2.58. The van der Waals surface area contributed by atoms with Crippen LogP contribution in [-0.4, -0.2) is 32.8 Å². The van der Waals surface area contributed by atoms with E-state index < -0.39 is 0 Å². The maximum absolute atomic E-state index is 11.7. The fraction of sp³-hybridized carbons (Fsp3) is 0.235. The van der Waals surface area contributed by atoms with Gasteiger partial charge in [-0.15, -0.1) is 0 Å². The van der Waals surface area contributed by atoms with E-state index in [4.69, 9.17) is 14.2 Å². The third kappa shape index (κ3) is 5.97. The van der Waals surface area contributed by atoms with Gasteiger partial charge in [0.1, 0.15) is 12.4 Å². The van der Waals surface area contributed by atoms with Gasteiger partial charge >= 0.3 is 0 Å². The number of benzene rings is 2. The lowest BCUT2D eigenvalue weighted by Crippen LogP contribution is -2.32. The van der Waals surface area contributed by atoms with Crippen LogP contribution < -0.4 is 19.5 Å². The highest BCUT2D eigenvalue weighted by Gasteiger charge is 2.04. The Hall–Kier alpha value is -1.96. The molecular formula is C17H18INO4. The molecule has 1 amide bonds. The summed E-state index contributed by atoms with van der Waals surface area (Å²) in [7, 11) is 1.59. The van der Waals surface area contributed by atoms with Gasteiger partial charge in [-0.05, 0) is 59.0 Å². The average molecular weight is 427 g/mol. The molecule has 0 spiro atoms. The number of para-hydroxylation sites is 2. The molecule has 0 unspecified atom stereocenters. The van der Waals surface area contributed by atoms with Crippen LogP contribution in [0.4, 0.5) is 0 Å². The Labute approximate surface area is 149 Å². The van der Waals surface area contributed by atoms with Crippen LogP contribution >= 0.6 is 22.6 Å². The Morgan fingerprint density at radius 3 is 2.43 bits per heavy atom. The van der Waals surface area contributed by atoms with Crippen molar-refractivity contribution in [3.63, 3.8) is 0 Å². The molecule has 0 aliphatic rings. The Morgan fingerprint density at radius 2 is 1.74 bits per heavy atom. The molecule has 0 radical (unpaired) electrons. The van der Waals surface area contributed by atoms with Gasteiger partial charge in [0.2, 0.25) is 0 Å². The standard InChI is InChI=1S/C17H18INO4/c1-21-15-4-2-3-5-16(15)22-11-10-19-17(20)12-23-14-8-6-13(18)7-9-14/h2-9H,10-12H2,1H3,(H,19,20). The summed E-state index contributed by atoms with van der Waals surface area (Å²) < 4.78 is 17.3. The van der Waals surface area contributed by atoms with E-state index in [0.29, 0.717) is 30.4 Å². The first-order valence-corrected chi connectivity index (χ1v) is 8.18. The van der Waals surface area contributed by atoms with Crippen LogP contribution in [0.15, 0.2) is 48.5 Å². The molecule has 122 valence electrons. The normalized spacial score (nSPS) is 10.0. The summed E-state index contributed by atoms with van der Waals surface area (Å²) in [6.45, 7) is 0.734. The molecule has 2 rings (SSSR count). The third-order valence-corrected chi connectivity index (χ3v) is 3.65. The predicted molar refractivity (Wildman–Crippen MR) is 96.2 cm³/mol. The van der Waals surface area contributed by atoms with Gasteiger partial charge in [-0.25, -0.2) is 0 Å². The van der Waals surface area contributed by atoms with Crippen LogP contribution in [0.1, 0.15) is 0 Å². The van der Waals surface area contributed by atoms with Crippen molar-refractivity contribution < 1.29 is 19.0 Å². The number of amides is 1. The number of halogens is 1. The Bertz CT molecular complexity index is 631. The third-order valence-electron chi connectivity index (χ3n) is 2.93. The molecule has 0 aliphatic carbocycles. The lowest BCUT2D eigenvalue weighted by molar-refractivity contribution is -0.123.